The summed E-state index contributed by atoms with van der Waals surface area (Å²) in [7, 11) is 0. The lowest BCUT2D eigenvalue weighted by Gasteiger charge is -2.20. The molecule has 1 aliphatic rings. The molecule has 0 radical (unpaired) electrons. The van der Waals surface area contributed by atoms with E-state index in [2.05, 4.69) is 72.8 Å². The molecule has 4 aromatic carbocycles. The van der Waals surface area contributed by atoms with Crippen molar-refractivity contribution in [1.29, 1.82) is 0 Å². The maximum atomic E-state index is 6.22. The van der Waals surface area contributed by atoms with Gasteiger partial charge in [-0.25, -0.2) is 0 Å². The van der Waals surface area contributed by atoms with E-state index in [9.17, 15) is 0 Å². The first-order valence-corrected chi connectivity index (χ1v) is 10.4. The molecule has 4 heteroatoms. The van der Waals surface area contributed by atoms with Crippen LogP contribution in [0.4, 0.5) is 0 Å². The van der Waals surface area contributed by atoms with E-state index in [0.29, 0.717) is 39.6 Å². The molecule has 0 spiro atoms. The SMILES string of the molecule is c1ccc2c3c(ccc2c1)OCCOCCOCCOc1ccc2ccccc2c1-3. The van der Waals surface area contributed by atoms with Crippen molar-refractivity contribution in [2.45, 2.75) is 0 Å². The van der Waals surface area contributed by atoms with Gasteiger partial charge in [-0.05, 0) is 33.7 Å². The first kappa shape index (κ1) is 18.9. The summed E-state index contributed by atoms with van der Waals surface area (Å²) < 4.78 is 23.7. The number of ether oxygens (including phenoxy) is 4. The topological polar surface area (TPSA) is 36.9 Å². The molecule has 0 aromatic heterocycles. The van der Waals surface area contributed by atoms with Crippen LogP contribution in [0.15, 0.2) is 72.8 Å². The number of hydrogen-bond donors (Lipinski definition) is 0. The normalized spacial score (nSPS) is 15.5. The van der Waals surface area contributed by atoms with Gasteiger partial charge in [0.05, 0.1) is 26.4 Å². The van der Waals surface area contributed by atoms with Crippen LogP contribution in [0.25, 0.3) is 32.7 Å². The van der Waals surface area contributed by atoms with Crippen LogP contribution in [0, 0.1) is 0 Å². The molecular formula is C26H24O4. The van der Waals surface area contributed by atoms with E-state index in [1.54, 1.807) is 0 Å². The van der Waals surface area contributed by atoms with Gasteiger partial charge in [-0.15, -0.1) is 0 Å². The lowest BCUT2D eigenvalue weighted by Crippen LogP contribution is -2.14. The Morgan fingerprint density at radius 3 is 1.37 bits per heavy atom. The van der Waals surface area contributed by atoms with Crippen molar-refractivity contribution in [3.8, 4) is 22.6 Å². The molecule has 0 amide bonds. The lowest BCUT2D eigenvalue weighted by atomic mass is 9.92. The van der Waals surface area contributed by atoms with Crippen LogP contribution in [0.2, 0.25) is 0 Å². The van der Waals surface area contributed by atoms with Gasteiger partial charge in [0.25, 0.3) is 0 Å². The van der Waals surface area contributed by atoms with Gasteiger partial charge < -0.3 is 18.9 Å². The van der Waals surface area contributed by atoms with Crippen molar-refractivity contribution in [3.05, 3.63) is 72.8 Å². The molecule has 30 heavy (non-hydrogen) atoms. The van der Waals surface area contributed by atoms with Gasteiger partial charge in [-0.1, -0.05) is 60.7 Å². The van der Waals surface area contributed by atoms with E-state index in [1.807, 2.05) is 0 Å². The van der Waals surface area contributed by atoms with Gasteiger partial charge in [-0.3, -0.25) is 0 Å². The van der Waals surface area contributed by atoms with Gasteiger partial charge >= 0.3 is 0 Å². The number of rotatable bonds is 0. The van der Waals surface area contributed by atoms with Gasteiger partial charge in [0.15, 0.2) is 0 Å². The van der Waals surface area contributed by atoms with Crippen molar-refractivity contribution in [2.75, 3.05) is 39.6 Å². The molecule has 152 valence electrons. The van der Waals surface area contributed by atoms with Gasteiger partial charge in [-0.2, -0.15) is 0 Å². The van der Waals surface area contributed by atoms with Gasteiger partial charge in [0.2, 0.25) is 0 Å². The third-order valence-electron chi connectivity index (χ3n) is 5.37. The molecule has 0 fully saturated rings. The minimum atomic E-state index is 0.478. The third-order valence-corrected chi connectivity index (χ3v) is 5.37. The third kappa shape index (κ3) is 3.72. The van der Waals surface area contributed by atoms with Crippen LogP contribution in [-0.2, 0) is 9.47 Å². The molecule has 0 aliphatic carbocycles. The second-order valence-electron chi connectivity index (χ2n) is 7.24. The summed E-state index contributed by atoms with van der Waals surface area (Å²) in [6, 6.07) is 25.1. The van der Waals surface area contributed by atoms with E-state index in [-0.39, 0.29) is 0 Å². The fraction of sp³-hybridized carbons (Fsp3) is 0.231. The Labute approximate surface area is 175 Å². The van der Waals surface area contributed by atoms with E-state index in [4.69, 9.17) is 18.9 Å². The molecule has 0 saturated heterocycles. The van der Waals surface area contributed by atoms with E-state index in [1.165, 1.54) is 10.8 Å². The van der Waals surface area contributed by atoms with Crippen molar-refractivity contribution in [1.82, 2.24) is 0 Å². The van der Waals surface area contributed by atoms with Gasteiger partial charge in [0.1, 0.15) is 24.7 Å². The molecule has 0 bridgehead atoms. The Balaban J connectivity index is 1.77. The maximum absolute atomic E-state index is 6.22. The van der Waals surface area contributed by atoms with E-state index < -0.39 is 0 Å². The summed E-state index contributed by atoms with van der Waals surface area (Å²) in [5.41, 5.74) is 2.11. The first-order valence-electron chi connectivity index (χ1n) is 10.4. The zero-order valence-corrected chi connectivity index (χ0v) is 16.8. The highest BCUT2D eigenvalue weighted by molar-refractivity contribution is 6.09. The molecule has 1 aliphatic heterocycles. The van der Waals surface area contributed by atoms with Gasteiger partial charge in [0, 0.05) is 11.1 Å². The Morgan fingerprint density at radius 2 is 0.867 bits per heavy atom. The molecule has 0 saturated carbocycles. The van der Waals surface area contributed by atoms with Crippen LogP contribution >= 0.6 is 0 Å². The average molecular weight is 400 g/mol. The van der Waals surface area contributed by atoms with Crippen LogP contribution in [0.5, 0.6) is 11.5 Å². The quantitative estimate of drug-likeness (QED) is 0.393. The predicted molar refractivity (Wildman–Crippen MR) is 120 cm³/mol. The highest BCUT2D eigenvalue weighted by atomic mass is 16.6. The molecule has 4 nitrogen and oxygen atoms in total. The summed E-state index contributed by atoms with van der Waals surface area (Å²) in [4.78, 5) is 0. The zero-order chi connectivity index (χ0) is 20.2. The second kappa shape index (κ2) is 8.74. The number of benzene rings is 4. The number of hydrogen-bond acceptors (Lipinski definition) is 4. The number of fused-ring (bicyclic) bond motifs is 7. The molecule has 4 aromatic rings. The molecule has 5 rings (SSSR count). The van der Waals surface area contributed by atoms with E-state index >= 15 is 0 Å². The molecular weight excluding hydrogens is 376 g/mol. The Hall–Kier alpha value is -3.08. The van der Waals surface area contributed by atoms with Crippen molar-refractivity contribution >= 4 is 21.5 Å². The standard InChI is InChI=1S/C26H24O4/c1-3-7-21-19(5-1)9-11-23-25(21)26-22-8-4-2-6-20(22)10-12-24(26)30-18-16-28-14-13-27-15-17-29-23/h1-12H,13-18H2. The largest absolute Gasteiger partial charge is 0.491 e. The molecule has 0 N–H and O–H groups in total. The average Bonchev–Trinajstić information content (AvgIpc) is 2.79. The van der Waals surface area contributed by atoms with Crippen molar-refractivity contribution in [2.24, 2.45) is 0 Å². The molecule has 1 heterocycles. The summed E-state index contributed by atoms with van der Waals surface area (Å²) in [5, 5.41) is 4.61. The fourth-order valence-corrected chi connectivity index (χ4v) is 4.00. The van der Waals surface area contributed by atoms with Crippen LogP contribution in [0.3, 0.4) is 0 Å². The van der Waals surface area contributed by atoms with Crippen molar-refractivity contribution < 1.29 is 18.9 Å². The predicted octanol–water partition coefficient (Wildman–Crippen LogP) is 5.46. The highest BCUT2D eigenvalue weighted by Gasteiger charge is 2.19. The summed E-state index contributed by atoms with van der Waals surface area (Å²) in [6.45, 7) is 3.10. The fourth-order valence-electron chi connectivity index (χ4n) is 4.00. The summed E-state index contributed by atoms with van der Waals surface area (Å²) in [5.74, 6) is 1.68. The summed E-state index contributed by atoms with van der Waals surface area (Å²) in [6.07, 6.45) is 0. The van der Waals surface area contributed by atoms with Crippen LogP contribution in [-0.4, -0.2) is 39.6 Å². The minimum absolute atomic E-state index is 0.478. The Bertz CT molecular complexity index is 1070. The van der Waals surface area contributed by atoms with Crippen molar-refractivity contribution in [3.63, 3.8) is 0 Å². The Kier molecular flexibility index (Phi) is 5.51. The van der Waals surface area contributed by atoms with E-state index in [0.717, 1.165) is 33.4 Å². The first-order chi connectivity index (χ1) is 14.9. The molecule has 0 unspecified atom stereocenters. The second-order valence-corrected chi connectivity index (χ2v) is 7.24. The Morgan fingerprint density at radius 1 is 0.433 bits per heavy atom. The zero-order valence-electron chi connectivity index (χ0n) is 16.8. The molecule has 0 atom stereocenters. The highest BCUT2D eigenvalue weighted by Crippen LogP contribution is 2.45. The van der Waals surface area contributed by atoms with Crippen LogP contribution < -0.4 is 9.47 Å². The smallest absolute Gasteiger partial charge is 0.128 e. The monoisotopic (exact) mass is 400 g/mol. The summed E-state index contributed by atoms with van der Waals surface area (Å²) >= 11 is 0. The minimum Gasteiger partial charge on any atom is -0.491 e. The van der Waals surface area contributed by atoms with Crippen LogP contribution in [0.1, 0.15) is 0 Å². The maximum Gasteiger partial charge on any atom is 0.128 e. The lowest BCUT2D eigenvalue weighted by molar-refractivity contribution is 0.0272.